The molecule has 0 amide bonds. The normalized spacial score (nSPS) is 15.8. The number of fused-ring (bicyclic) bond motifs is 5. The van der Waals surface area contributed by atoms with Crippen LogP contribution >= 0.6 is 0 Å². The molecule has 4 heteroatoms. The lowest BCUT2D eigenvalue weighted by Gasteiger charge is -2.31. The molecule has 10 rings (SSSR count). The van der Waals surface area contributed by atoms with Gasteiger partial charge in [-0.2, -0.15) is 0 Å². The molecule has 298 valence electrons. The Morgan fingerprint density at radius 1 is 0.705 bits per heavy atom. The van der Waals surface area contributed by atoms with Crippen LogP contribution in [-0.2, 0) is 6.42 Å². The molecule has 0 atom stereocenters. The number of benzene rings is 6. The second kappa shape index (κ2) is 15.4. The highest BCUT2D eigenvalue weighted by atomic mass is 16.3. The van der Waals surface area contributed by atoms with Crippen molar-refractivity contribution < 1.29 is 8.83 Å². The van der Waals surface area contributed by atoms with Crippen molar-refractivity contribution in [3.05, 3.63) is 202 Å². The highest BCUT2D eigenvalue weighted by Crippen LogP contribution is 2.46. The molecule has 2 aliphatic rings. The summed E-state index contributed by atoms with van der Waals surface area (Å²) in [7, 11) is 0. The zero-order valence-corrected chi connectivity index (χ0v) is 35.3. The number of rotatable bonds is 8. The minimum Gasteiger partial charge on any atom is -0.454 e. The summed E-state index contributed by atoms with van der Waals surface area (Å²) in [5, 5.41) is 6.53. The topological polar surface area (TPSA) is 32.8 Å². The van der Waals surface area contributed by atoms with Crippen molar-refractivity contribution in [1.82, 2.24) is 0 Å². The van der Waals surface area contributed by atoms with Crippen LogP contribution in [-0.4, -0.2) is 0 Å². The van der Waals surface area contributed by atoms with Gasteiger partial charge in [-0.15, -0.1) is 0 Å². The maximum absolute atomic E-state index is 6.86. The Labute approximate surface area is 357 Å². The number of hydrogen-bond donors (Lipinski definition) is 0. The molecule has 0 saturated heterocycles. The first-order valence-corrected chi connectivity index (χ1v) is 21.2. The van der Waals surface area contributed by atoms with Crippen LogP contribution in [0.15, 0.2) is 161 Å². The number of anilines is 4. The Hall–Kier alpha value is -7.30. The number of para-hydroxylation sites is 4. The molecule has 0 N–H and O–H groups in total. The zero-order chi connectivity index (χ0) is 41.8. The van der Waals surface area contributed by atoms with Crippen LogP contribution in [0.5, 0.6) is 0 Å². The lowest BCUT2D eigenvalue weighted by Crippen LogP contribution is -2.26. The molecule has 4 nitrogen and oxygen atoms in total. The number of nitrogens with zero attached hydrogens (tertiary/aromatic N) is 2. The summed E-state index contributed by atoms with van der Waals surface area (Å²) in [4.78, 5) is 4.77. The van der Waals surface area contributed by atoms with Gasteiger partial charge in [0.05, 0.1) is 17.1 Å². The van der Waals surface area contributed by atoms with Crippen molar-refractivity contribution in [1.29, 1.82) is 0 Å². The standard InChI is InChI=1S/C57H48N2O2/c1-7-36(3)55-43(8-2)45-23-16-28-52(57(45)61-55)59(49-26-13-10-19-38(49)5)50-35-32-41-20-15-21-42(33-30-40-31-34-47(50)54(41)39(40)6)58(48-25-12-9-18-37(48)4)51-27-17-24-46-44-22-11-14-29-53(44)60-56(46)51/h7-15,17-20,22,24-35H,2,6,16,21,23H2,1,3-5H3/b20-15-,36-7-,40-30-,42-33+. The summed E-state index contributed by atoms with van der Waals surface area (Å²) >= 11 is 0. The van der Waals surface area contributed by atoms with E-state index in [1.165, 1.54) is 16.7 Å². The van der Waals surface area contributed by atoms with E-state index >= 15 is 0 Å². The van der Waals surface area contributed by atoms with Gasteiger partial charge in [0.1, 0.15) is 11.3 Å². The summed E-state index contributed by atoms with van der Waals surface area (Å²) in [5.74, 6) is 1.80. The summed E-state index contributed by atoms with van der Waals surface area (Å²) in [6.45, 7) is 17.5. The van der Waals surface area contributed by atoms with E-state index in [4.69, 9.17) is 15.4 Å². The van der Waals surface area contributed by atoms with Crippen LogP contribution in [0.2, 0.25) is 0 Å². The van der Waals surface area contributed by atoms with Crippen LogP contribution in [0.3, 0.4) is 0 Å². The fourth-order valence-electron chi connectivity index (χ4n) is 9.34. The molecule has 2 aromatic heterocycles. The first kappa shape index (κ1) is 37.9. The van der Waals surface area contributed by atoms with Gasteiger partial charge in [0.25, 0.3) is 0 Å². The molecule has 0 radical (unpaired) electrons. The second-order valence-electron chi connectivity index (χ2n) is 16.1. The predicted octanol–water partition coefficient (Wildman–Crippen LogP) is 14.5. The van der Waals surface area contributed by atoms with Gasteiger partial charge in [-0.05, 0) is 115 Å². The fourth-order valence-corrected chi connectivity index (χ4v) is 9.34. The molecule has 0 unspecified atom stereocenters. The quantitative estimate of drug-likeness (QED) is 0.153. The molecule has 2 bridgehead atoms. The summed E-state index contributed by atoms with van der Waals surface area (Å²) in [5.41, 5.74) is 15.1. The first-order chi connectivity index (χ1) is 29.9. The van der Waals surface area contributed by atoms with Gasteiger partial charge in [0.15, 0.2) is 11.3 Å². The Balaban J connectivity index is 1.17. The average molecular weight is 793 g/mol. The van der Waals surface area contributed by atoms with Gasteiger partial charge in [0, 0.05) is 50.8 Å². The SMILES string of the molecule is C=Cc1c(/C(C)=C\C)oc2c1CCC=C2N(c1ccccc1C)c1ccc2c3c(=C)/c(ccc13)=C\C=C(\N(c1ccccc1C)c1cccc3c1oc1ccccc13)C/C=C\2. The summed E-state index contributed by atoms with van der Waals surface area (Å²) in [6.07, 6.45) is 17.9. The second-order valence-corrected chi connectivity index (χ2v) is 16.1. The van der Waals surface area contributed by atoms with E-state index < -0.39 is 0 Å². The van der Waals surface area contributed by atoms with E-state index in [1.807, 2.05) is 18.2 Å². The Morgan fingerprint density at radius 3 is 2.20 bits per heavy atom. The summed E-state index contributed by atoms with van der Waals surface area (Å²) < 4.78 is 13.5. The minimum atomic E-state index is 0.685. The van der Waals surface area contributed by atoms with Crippen LogP contribution < -0.4 is 20.2 Å². The summed E-state index contributed by atoms with van der Waals surface area (Å²) in [6, 6.07) is 41.0. The molecule has 0 spiro atoms. The van der Waals surface area contributed by atoms with Gasteiger partial charge in [-0.25, -0.2) is 0 Å². The molecule has 0 saturated carbocycles. The van der Waals surface area contributed by atoms with Crippen LogP contribution in [0.4, 0.5) is 22.7 Å². The third-order valence-electron chi connectivity index (χ3n) is 12.5. The third-order valence-corrected chi connectivity index (χ3v) is 12.5. The van der Waals surface area contributed by atoms with E-state index in [2.05, 4.69) is 184 Å². The number of aryl methyl sites for hydroxylation is 2. The molecule has 0 aliphatic heterocycles. The number of allylic oxidation sites excluding steroid dienone is 5. The van der Waals surface area contributed by atoms with Crippen molar-refractivity contribution in [2.75, 3.05) is 9.80 Å². The molecule has 61 heavy (non-hydrogen) atoms. The molecule has 8 aromatic rings. The van der Waals surface area contributed by atoms with Gasteiger partial charge >= 0.3 is 0 Å². The van der Waals surface area contributed by atoms with Crippen LogP contribution in [0.1, 0.15) is 66.0 Å². The number of hydrogen-bond acceptors (Lipinski definition) is 4. The van der Waals surface area contributed by atoms with E-state index in [0.29, 0.717) is 6.42 Å². The minimum absolute atomic E-state index is 0.685. The molecule has 2 aliphatic carbocycles. The van der Waals surface area contributed by atoms with Crippen molar-refractivity contribution in [3.63, 3.8) is 0 Å². The van der Waals surface area contributed by atoms with Gasteiger partial charge < -0.3 is 18.6 Å². The molecular formula is C57H48N2O2. The predicted molar refractivity (Wildman–Crippen MR) is 260 cm³/mol. The Kier molecular flexibility index (Phi) is 9.57. The fraction of sp³-hybridized carbons (Fsp3) is 0.123. The van der Waals surface area contributed by atoms with Crippen molar-refractivity contribution in [2.24, 2.45) is 0 Å². The zero-order valence-electron chi connectivity index (χ0n) is 35.3. The first-order valence-electron chi connectivity index (χ1n) is 21.2. The third kappa shape index (κ3) is 6.29. The van der Waals surface area contributed by atoms with E-state index in [-0.39, 0.29) is 0 Å². The van der Waals surface area contributed by atoms with Gasteiger partial charge in [-0.1, -0.05) is 135 Å². The van der Waals surface area contributed by atoms with E-state index in [9.17, 15) is 0 Å². The van der Waals surface area contributed by atoms with Crippen LogP contribution in [0.25, 0.3) is 68.8 Å². The maximum Gasteiger partial charge on any atom is 0.159 e. The van der Waals surface area contributed by atoms with Crippen LogP contribution in [0, 0.1) is 13.8 Å². The maximum atomic E-state index is 6.86. The smallest absolute Gasteiger partial charge is 0.159 e. The number of furan rings is 2. The molecule has 2 heterocycles. The van der Waals surface area contributed by atoms with Crippen molar-refractivity contribution in [2.45, 2.75) is 47.0 Å². The van der Waals surface area contributed by atoms with E-state index in [0.717, 1.165) is 118 Å². The van der Waals surface area contributed by atoms with Crippen molar-refractivity contribution in [3.8, 4) is 0 Å². The molecule has 0 fully saturated rings. The van der Waals surface area contributed by atoms with E-state index in [1.54, 1.807) is 0 Å². The molecular weight excluding hydrogens is 745 g/mol. The van der Waals surface area contributed by atoms with Crippen molar-refractivity contribution >= 4 is 91.5 Å². The highest BCUT2D eigenvalue weighted by molar-refractivity contribution is 6.10. The lowest BCUT2D eigenvalue weighted by molar-refractivity contribution is 0.531. The van der Waals surface area contributed by atoms with Gasteiger partial charge in [0.2, 0.25) is 0 Å². The lowest BCUT2D eigenvalue weighted by atomic mass is 9.93. The Morgan fingerprint density at radius 2 is 1.43 bits per heavy atom. The molecule has 6 aromatic carbocycles. The largest absolute Gasteiger partial charge is 0.454 e. The Bertz CT molecular complexity index is 3330. The monoisotopic (exact) mass is 792 g/mol. The average Bonchev–Trinajstić information content (AvgIpc) is 3.87. The van der Waals surface area contributed by atoms with Gasteiger partial charge in [-0.3, -0.25) is 0 Å². The highest BCUT2D eigenvalue weighted by Gasteiger charge is 2.30.